The number of methoxy groups -OCH3 is 2. The summed E-state index contributed by atoms with van der Waals surface area (Å²) < 4.78 is 22.7. The third-order valence-corrected chi connectivity index (χ3v) is 6.71. The normalized spacial score (nSPS) is 16.8. The molecule has 12 heteroatoms. The van der Waals surface area contributed by atoms with Gasteiger partial charge in [-0.3, -0.25) is 9.59 Å². The molecule has 0 amide bonds. The molecule has 4 atom stereocenters. The van der Waals surface area contributed by atoms with Gasteiger partial charge in [-0.1, -0.05) is 0 Å². The molecule has 1 aliphatic carbocycles. The number of benzene rings is 2. The van der Waals surface area contributed by atoms with Gasteiger partial charge in [-0.25, -0.2) is 0 Å². The van der Waals surface area contributed by atoms with Crippen molar-refractivity contribution < 1.29 is 49.3 Å². The van der Waals surface area contributed by atoms with Gasteiger partial charge >= 0.3 is 0 Å². The van der Waals surface area contributed by atoms with Gasteiger partial charge in [-0.2, -0.15) is 0 Å². The number of pyridine rings is 1. The number of carbonyl (C=O) groups is 1. The first-order chi connectivity index (χ1) is 17.7. The monoisotopic (exact) mass is 515 g/mol. The second-order valence-corrected chi connectivity index (χ2v) is 8.77. The summed E-state index contributed by atoms with van der Waals surface area (Å²) in [7, 11) is 2.82. The zero-order valence-corrected chi connectivity index (χ0v) is 19.9. The number of fused-ring (bicyclic) bond motifs is 6. The molecule has 1 aliphatic heterocycles. The van der Waals surface area contributed by atoms with E-state index in [1.807, 2.05) is 0 Å². The Kier molecular flexibility index (Phi) is 6.30. The number of rotatable bonds is 8. The average molecular weight is 515 g/mol. The molecule has 37 heavy (non-hydrogen) atoms. The number of carbonyl (C=O) groups excluding carboxylic acids is 1. The molecule has 5 rings (SSSR count). The van der Waals surface area contributed by atoms with E-state index in [9.17, 15) is 30.0 Å². The first kappa shape index (κ1) is 25.0. The van der Waals surface area contributed by atoms with Crippen LogP contribution in [0.25, 0.3) is 22.0 Å². The summed E-state index contributed by atoms with van der Waals surface area (Å²) in [5, 5.41) is 50.4. The van der Waals surface area contributed by atoms with Gasteiger partial charge in [0.05, 0.1) is 44.0 Å². The lowest BCUT2D eigenvalue weighted by atomic mass is 10.0. The molecule has 0 saturated heterocycles. The van der Waals surface area contributed by atoms with E-state index in [1.165, 1.54) is 32.4 Å². The molecular formula is C25H25NO11. The fourth-order valence-electron chi connectivity index (χ4n) is 4.78. The second kappa shape index (κ2) is 9.32. The number of hydrogen-bond acceptors (Lipinski definition) is 11. The van der Waals surface area contributed by atoms with Crippen LogP contribution in [0, 0.1) is 0 Å². The molecule has 0 spiro atoms. The van der Waals surface area contributed by atoms with E-state index in [1.54, 1.807) is 6.07 Å². The Morgan fingerprint density at radius 1 is 0.865 bits per heavy atom. The summed E-state index contributed by atoms with van der Waals surface area (Å²) in [6.45, 7) is -1.44. The van der Waals surface area contributed by atoms with E-state index >= 15 is 0 Å². The van der Waals surface area contributed by atoms with Crippen molar-refractivity contribution in [3.8, 4) is 34.3 Å². The lowest BCUT2D eigenvalue weighted by molar-refractivity contribution is -0.117. The maximum absolute atomic E-state index is 13.8. The van der Waals surface area contributed by atoms with Gasteiger partial charge < -0.3 is 49.0 Å². The number of ketones is 1. The van der Waals surface area contributed by atoms with Crippen molar-refractivity contribution in [2.24, 2.45) is 0 Å². The molecule has 0 saturated carbocycles. The van der Waals surface area contributed by atoms with Gasteiger partial charge in [0.2, 0.25) is 6.79 Å². The summed E-state index contributed by atoms with van der Waals surface area (Å²) in [5.41, 5.74) is 0.325. The van der Waals surface area contributed by atoms with Crippen molar-refractivity contribution in [2.75, 3.05) is 27.6 Å². The summed E-state index contributed by atoms with van der Waals surface area (Å²) in [6, 6.07) is 6.03. The molecule has 0 radical (unpaired) electrons. The summed E-state index contributed by atoms with van der Waals surface area (Å²) in [6.07, 6.45) is -7.29. The van der Waals surface area contributed by atoms with Crippen LogP contribution in [-0.2, 0) is 6.54 Å². The second-order valence-electron chi connectivity index (χ2n) is 8.77. The van der Waals surface area contributed by atoms with Gasteiger partial charge in [0.15, 0.2) is 28.8 Å². The maximum atomic E-state index is 13.8. The molecule has 0 unspecified atom stereocenters. The van der Waals surface area contributed by atoms with Crippen LogP contribution in [0.4, 0.5) is 0 Å². The molecule has 12 nitrogen and oxygen atoms in total. The van der Waals surface area contributed by atoms with E-state index in [4.69, 9.17) is 24.1 Å². The van der Waals surface area contributed by atoms with Gasteiger partial charge in [0.25, 0.3) is 5.56 Å². The maximum Gasteiger partial charge on any atom is 0.259 e. The van der Waals surface area contributed by atoms with Crippen molar-refractivity contribution in [2.45, 2.75) is 31.0 Å². The summed E-state index contributed by atoms with van der Waals surface area (Å²) in [4.78, 5) is 27.5. The molecule has 5 N–H and O–H groups in total. The number of ether oxygens (including phenoxy) is 4. The highest BCUT2D eigenvalue weighted by Crippen LogP contribution is 2.47. The van der Waals surface area contributed by atoms with Crippen LogP contribution < -0.4 is 24.5 Å². The Morgan fingerprint density at radius 2 is 1.43 bits per heavy atom. The van der Waals surface area contributed by atoms with Crippen LogP contribution in [0.3, 0.4) is 0 Å². The van der Waals surface area contributed by atoms with Crippen LogP contribution in [0.2, 0.25) is 0 Å². The zero-order valence-electron chi connectivity index (χ0n) is 19.9. The molecule has 2 heterocycles. The Hall–Kier alpha value is -3.68. The highest BCUT2D eigenvalue weighted by Gasteiger charge is 2.37. The van der Waals surface area contributed by atoms with Gasteiger partial charge in [0, 0.05) is 16.5 Å². The Bertz CT molecular complexity index is 1460. The molecular weight excluding hydrogens is 490 g/mol. The smallest absolute Gasteiger partial charge is 0.259 e. The van der Waals surface area contributed by atoms with Crippen LogP contribution >= 0.6 is 0 Å². The third kappa shape index (κ3) is 3.81. The van der Waals surface area contributed by atoms with E-state index in [0.29, 0.717) is 28.2 Å². The summed E-state index contributed by atoms with van der Waals surface area (Å²) >= 11 is 0. The lowest BCUT2D eigenvalue weighted by Crippen LogP contribution is -2.48. The Labute approximate surface area is 209 Å². The first-order valence-corrected chi connectivity index (χ1v) is 11.4. The Morgan fingerprint density at radius 3 is 2.03 bits per heavy atom. The molecule has 0 bridgehead atoms. The van der Waals surface area contributed by atoms with Gasteiger partial charge in [0.1, 0.15) is 24.4 Å². The molecule has 3 aromatic rings. The zero-order chi connectivity index (χ0) is 26.6. The minimum Gasteiger partial charge on any atom is -0.493 e. The van der Waals surface area contributed by atoms with Crippen LogP contribution in [-0.4, -0.2) is 87.9 Å². The predicted octanol–water partition coefficient (Wildman–Crippen LogP) is -0.605. The largest absolute Gasteiger partial charge is 0.493 e. The number of nitrogens with zero attached hydrogens (tertiary/aromatic N) is 1. The minimum absolute atomic E-state index is 0.0310. The lowest BCUT2D eigenvalue weighted by Gasteiger charge is -2.27. The van der Waals surface area contributed by atoms with Gasteiger partial charge in [-0.15, -0.1) is 0 Å². The minimum atomic E-state index is -1.92. The fourth-order valence-corrected chi connectivity index (χ4v) is 4.78. The quantitative estimate of drug-likeness (QED) is 0.202. The van der Waals surface area contributed by atoms with Crippen molar-refractivity contribution in [1.29, 1.82) is 0 Å². The molecule has 0 fully saturated rings. The third-order valence-electron chi connectivity index (χ3n) is 6.71. The molecule has 196 valence electrons. The van der Waals surface area contributed by atoms with Gasteiger partial charge in [-0.05, 0) is 24.3 Å². The topological polar surface area (TPSA) is 177 Å². The van der Waals surface area contributed by atoms with Crippen LogP contribution in [0.5, 0.6) is 23.0 Å². The van der Waals surface area contributed by atoms with E-state index in [0.717, 1.165) is 4.57 Å². The van der Waals surface area contributed by atoms with Crippen LogP contribution in [0.15, 0.2) is 29.1 Å². The predicted molar refractivity (Wildman–Crippen MR) is 127 cm³/mol. The molecule has 2 aliphatic rings. The number of aromatic nitrogens is 1. The highest BCUT2D eigenvalue weighted by molar-refractivity contribution is 6.27. The first-order valence-electron chi connectivity index (χ1n) is 11.4. The van der Waals surface area contributed by atoms with E-state index in [-0.39, 0.29) is 34.7 Å². The van der Waals surface area contributed by atoms with Crippen LogP contribution in [0.1, 0.15) is 15.9 Å². The van der Waals surface area contributed by atoms with Crippen molar-refractivity contribution >= 4 is 16.6 Å². The highest BCUT2D eigenvalue weighted by atomic mass is 16.7. The summed E-state index contributed by atoms with van der Waals surface area (Å²) in [5.74, 6) is 0.870. The van der Waals surface area contributed by atoms with Crippen molar-refractivity contribution in [3.05, 3.63) is 45.7 Å². The number of aliphatic hydroxyl groups is 5. The van der Waals surface area contributed by atoms with Crippen molar-refractivity contribution in [3.63, 3.8) is 0 Å². The fraction of sp³-hybridized carbons (Fsp3) is 0.360. The average Bonchev–Trinajstić information content (AvgIpc) is 3.49. The number of aliphatic hydroxyl groups excluding tert-OH is 5. The molecule has 2 aromatic carbocycles. The molecule has 1 aromatic heterocycles. The standard InChI is InChI=1S/C25H25NO11/c1-34-16-3-10-13(6-17(16)35-2)25(33)26(7-14(28)23(31)24(32)15(29)8-27)21-11-4-18-19(37-9-36-18)5-12(11)22(30)20(10)21/h3-6,14-15,23-24,27-29,31-32H,7-9H2,1-2H3/t14-,15+,23+,24+/m0/s1. The van der Waals surface area contributed by atoms with Crippen molar-refractivity contribution in [1.82, 2.24) is 4.57 Å². The van der Waals surface area contributed by atoms with E-state index < -0.39 is 48.9 Å². The van der Waals surface area contributed by atoms with E-state index in [2.05, 4.69) is 0 Å². The SMILES string of the molecule is COc1cc2c3c(n(C[C@H](O)[C@@H](O)[C@H](O)[C@H](O)CO)c(=O)c2cc1OC)-c1cc2c(cc1C3=O)OCO2. The number of hydrogen-bond donors (Lipinski definition) is 5. The Balaban J connectivity index is 1.76.